The summed E-state index contributed by atoms with van der Waals surface area (Å²) >= 11 is 12.7. The van der Waals surface area contributed by atoms with Gasteiger partial charge in [-0.3, -0.25) is 0 Å². The molecule has 1 saturated heterocycles. The average molecular weight is 366 g/mol. The topological polar surface area (TPSA) is 58.2 Å². The molecule has 0 aliphatic carbocycles. The first-order valence-electron chi connectivity index (χ1n) is 5.59. The second-order valence-electron chi connectivity index (χ2n) is 4.39. The van der Waals surface area contributed by atoms with Gasteiger partial charge in [-0.05, 0) is 32.4 Å². The number of piperidine rings is 1. The summed E-state index contributed by atoms with van der Waals surface area (Å²) in [5.74, 6) is 0. The summed E-state index contributed by atoms with van der Waals surface area (Å²) in [6, 6.07) is 1.65. The summed E-state index contributed by atoms with van der Waals surface area (Å²) in [6.45, 7) is 2.85. The van der Waals surface area contributed by atoms with Gasteiger partial charge in [0, 0.05) is 12.1 Å². The number of halogens is 3. The van der Waals surface area contributed by atoms with Gasteiger partial charge in [-0.1, -0.05) is 23.2 Å². The van der Waals surface area contributed by atoms with Crippen molar-refractivity contribution < 1.29 is 8.42 Å². The van der Waals surface area contributed by atoms with Crippen LogP contribution in [0.5, 0.6) is 0 Å². The monoisotopic (exact) mass is 364 g/mol. The Morgan fingerprint density at radius 3 is 2.68 bits per heavy atom. The van der Waals surface area contributed by atoms with Crippen molar-refractivity contribution in [3.05, 3.63) is 14.7 Å². The maximum atomic E-state index is 12.2. The van der Waals surface area contributed by atoms with Crippen molar-refractivity contribution in [2.75, 3.05) is 6.54 Å². The summed E-state index contributed by atoms with van der Waals surface area (Å²) in [4.78, 5) is 0.0744. The highest BCUT2D eigenvalue weighted by Gasteiger charge is 2.27. The Labute approximate surface area is 133 Å². The van der Waals surface area contributed by atoms with Crippen molar-refractivity contribution in [2.24, 2.45) is 0 Å². The fraction of sp³-hybridized carbons (Fsp3) is 0.600. The molecule has 9 heteroatoms. The van der Waals surface area contributed by atoms with E-state index in [4.69, 9.17) is 23.2 Å². The molecule has 19 heavy (non-hydrogen) atoms. The number of thiophene rings is 1. The first-order valence-corrected chi connectivity index (χ1v) is 8.64. The predicted molar refractivity (Wildman–Crippen MR) is 82.4 cm³/mol. The molecule has 2 atom stereocenters. The fourth-order valence-corrected chi connectivity index (χ4v) is 5.46. The fourth-order valence-electron chi connectivity index (χ4n) is 2.03. The SMILES string of the molecule is CC1CC(NS(=O)(=O)c2cc(Cl)sc2Cl)CCN1.Cl. The van der Waals surface area contributed by atoms with Gasteiger partial charge in [-0.15, -0.1) is 23.7 Å². The molecule has 110 valence electrons. The smallest absolute Gasteiger partial charge is 0.243 e. The van der Waals surface area contributed by atoms with Crippen LogP contribution in [0.3, 0.4) is 0 Å². The van der Waals surface area contributed by atoms with E-state index in [1.165, 1.54) is 6.07 Å². The molecule has 0 bridgehead atoms. The molecule has 0 radical (unpaired) electrons. The molecule has 0 aromatic carbocycles. The molecule has 1 aliphatic heterocycles. The molecule has 0 spiro atoms. The molecule has 2 rings (SSSR count). The quantitative estimate of drug-likeness (QED) is 0.866. The molecule has 2 unspecified atom stereocenters. The molecular formula is C10H15Cl3N2O2S2. The van der Waals surface area contributed by atoms with Crippen LogP contribution in [-0.2, 0) is 10.0 Å². The Morgan fingerprint density at radius 1 is 1.47 bits per heavy atom. The van der Waals surface area contributed by atoms with Crippen LogP contribution in [0.4, 0.5) is 0 Å². The van der Waals surface area contributed by atoms with Gasteiger partial charge >= 0.3 is 0 Å². The summed E-state index contributed by atoms with van der Waals surface area (Å²) in [5.41, 5.74) is 0. The van der Waals surface area contributed by atoms with E-state index in [1.54, 1.807) is 0 Å². The van der Waals surface area contributed by atoms with Gasteiger partial charge in [0.05, 0.1) is 4.34 Å². The predicted octanol–water partition coefficient (Wildman–Crippen LogP) is 2.90. The summed E-state index contributed by atoms with van der Waals surface area (Å²) in [7, 11) is -3.58. The molecular weight excluding hydrogens is 351 g/mol. The third-order valence-electron chi connectivity index (χ3n) is 2.86. The number of hydrogen-bond donors (Lipinski definition) is 2. The van der Waals surface area contributed by atoms with E-state index < -0.39 is 10.0 Å². The lowest BCUT2D eigenvalue weighted by atomic mass is 10.0. The minimum absolute atomic E-state index is 0. The molecule has 1 aliphatic rings. The third kappa shape index (κ3) is 4.46. The second-order valence-corrected chi connectivity index (χ2v) is 8.35. The molecule has 2 heterocycles. The Hall–Kier alpha value is 0.440. The maximum Gasteiger partial charge on any atom is 0.243 e. The van der Waals surface area contributed by atoms with Crippen molar-refractivity contribution in [2.45, 2.75) is 36.7 Å². The van der Waals surface area contributed by atoms with Crippen LogP contribution in [0.25, 0.3) is 0 Å². The zero-order valence-corrected chi connectivity index (χ0v) is 14.1. The van der Waals surface area contributed by atoms with E-state index >= 15 is 0 Å². The zero-order chi connectivity index (χ0) is 13.3. The first kappa shape index (κ1) is 17.5. The number of nitrogens with one attached hydrogen (secondary N) is 2. The number of hydrogen-bond acceptors (Lipinski definition) is 4. The van der Waals surface area contributed by atoms with Crippen molar-refractivity contribution in [3.8, 4) is 0 Å². The van der Waals surface area contributed by atoms with Crippen LogP contribution < -0.4 is 10.0 Å². The van der Waals surface area contributed by atoms with Gasteiger partial charge in [0.25, 0.3) is 0 Å². The van der Waals surface area contributed by atoms with Gasteiger partial charge < -0.3 is 5.32 Å². The highest BCUT2D eigenvalue weighted by Crippen LogP contribution is 2.34. The van der Waals surface area contributed by atoms with Crippen LogP contribution in [0.2, 0.25) is 8.67 Å². The Kier molecular flexibility index (Phi) is 6.38. The van der Waals surface area contributed by atoms with Crippen molar-refractivity contribution in [1.82, 2.24) is 10.0 Å². The Bertz CT molecular complexity index is 533. The number of sulfonamides is 1. The molecule has 4 nitrogen and oxygen atoms in total. The Morgan fingerprint density at radius 2 is 2.16 bits per heavy atom. The van der Waals surface area contributed by atoms with Gasteiger partial charge in [-0.2, -0.15) is 0 Å². The van der Waals surface area contributed by atoms with Crippen LogP contribution in [0.1, 0.15) is 19.8 Å². The van der Waals surface area contributed by atoms with E-state index in [9.17, 15) is 8.42 Å². The van der Waals surface area contributed by atoms with Crippen molar-refractivity contribution in [3.63, 3.8) is 0 Å². The lowest BCUT2D eigenvalue weighted by molar-refractivity contribution is 0.361. The maximum absolute atomic E-state index is 12.2. The standard InChI is InChI=1S/C10H14Cl2N2O2S2.ClH/c1-6-4-7(2-3-13-6)14-18(15,16)8-5-9(11)17-10(8)12;/h5-7,13-14H,2-4H2,1H3;1H. The lowest BCUT2D eigenvalue weighted by Gasteiger charge is -2.28. The molecule has 2 N–H and O–H groups in total. The third-order valence-corrected chi connectivity index (χ3v) is 6.13. The summed E-state index contributed by atoms with van der Waals surface area (Å²) < 4.78 is 27.6. The minimum atomic E-state index is -3.58. The van der Waals surface area contributed by atoms with E-state index in [-0.39, 0.29) is 27.7 Å². The molecule has 0 amide bonds. The largest absolute Gasteiger partial charge is 0.314 e. The van der Waals surface area contributed by atoms with E-state index in [0.29, 0.717) is 10.4 Å². The average Bonchev–Trinajstić information content (AvgIpc) is 2.58. The zero-order valence-electron chi connectivity index (χ0n) is 10.2. The molecule has 1 aromatic rings. The molecule has 1 fully saturated rings. The highest BCUT2D eigenvalue weighted by molar-refractivity contribution is 7.89. The summed E-state index contributed by atoms with van der Waals surface area (Å²) in [6.07, 6.45) is 1.55. The van der Waals surface area contributed by atoms with Gasteiger partial charge in [0.15, 0.2) is 0 Å². The van der Waals surface area contributed by atoms with E-state index in [1.807, 2.05) is 6.92 Å². The van der Waals surface area contributed by atoms with Crippen LogP contribution in [-0.4, -0.2) is 27.0 Å². The summed E-state index contributed by atoms with van der Waals surface area (Å²) in [5, 5.41) is 3.27. The number of rotatable bonds is 3. The van der Waals surface area contributed by atoms with Crippen LogP contribution >= 0.6 is 46.9 Å². The van der Waals surface area contributed by atoms with Crippen molar-refractivity contribution >= 4 is 57.0 Å². The van der Waals surface area contributed by atoms with E-state index in [0.717, 1.165) is 30.7 Å². The Balaban J connectivity index is 0.00000180. The van der Waals surface area contributed by atoms with Gasteiger partial charge in [0.2, 0.25) is 10.0 Å². The first-order chi connectivity index (χ1) is 8.38. The molecule has 1 aromatic heterocycles. The molecule has 0 saturated carbocycles. The lowest BCUT2D eigenvalue weighted by Crippen LogP contribution is -2.46. The normalized spacial score (nSPS) is 23.9. The van der Waals surface area contributed by atoms with Crippen molar-refractivity contribution in [1.29, 1.82) is 0 Å². The minimum Gasteiger partial charge on any atom is -0.314 e. The van der Waals surface area contributed by atoms with E-state index in [2.05, 4.69) is 10.0 Å². The van der Waals surface area contributed by atoms with Gasteiger partial charge in [-0.25, -0.2) is 13.1 Å². The van der Waals surface area contributed by atoms with Crippen LogP contribution in [0.15, 0.2) is 11.0 Å². The second kappa shape index (κ2) is 6.93. The van der Waals surface area contributed by atoms with Gasteiger partial charge in [0.1, 0.15) is 9.23 Å². The highest BCUT2D eigenvalue weighted by atomic mass is 35.5. The van der Waals surface area contributed by atoms with Crippen LogP contribution in [0, 0.1) is 0 Å².